The minimum absolute atomic E-state index is 0.0207. The third-order valence-electron chi connectivity index (χ3n) is 2.86. The second-order valence-corrected chi connectivity index (χ2v) is 6.21. The number of aliphatic hydroxyl groups excluding tert-OH is 1. The minimum atomic E-state index is -0.0498. The van der Waals surface area contributed by atoms with Gasteiger partial charge in [0.1, 0.15) is 0 Å². The molecule has 2 N–H and O–H groups in total. The van der Waals surface area contributed by atoms with Crippen LogP contribution in [0.25, 0.3) is 9.40 Å². The van der Waals surface area contributed by atoms with E-state index in [1.807, 2.05) is 31.4 Å². The van der Waals surface area contributed by atoms with Crippen molar-refractivity contribution >= 4 is 38.0 Å². The number of fused-ring (bicyclic) bond motifs is 1. The summed E-state index contributed by atoms with van der Waals surface area (Å²) in [7, 11) is 0. The molecule has 0 spiro atoms. The van der Waals surface area contributed by atoms with Crippen LogP contribution in [0.4, 0.5) is 0 Å². The molecule has 0 aliphatic carbocycles. The molecule has 1 amide bonds. The van der Waals surface area contributed by atoms with Crippen molar-refractivity contribution in [3.63, 3.8) is 0 Å². The molecule has 2 atom stereocenters. The van der Waals surface area contributed by atoms with Gasteiger partial charge in [0.15, 0.2) is 0 Å². The molecule has 17 heavy (non-hydrogen) atoms. The van der Waals surface area contributed by atoms with E-state index in [0.717, 1.165) is 14.3 Å². The standard InChI is InChI=1S/C12H15NO2S2/c1-7(6-14)8(2)13-12(15)11-5-10-9(17-11)3-4-16-10/h3-5,7-8,14H,6H2,1-2H3,(H,13,15). The summed E-state index contributed by atoms with van der Waals surface area (Å²) in [4.78, 5) is 12.7. The van der Waals surface area contributed by atoms with E-state index in [-0.39, 0.29) is 24.5 Å². The van der Waals surface area contributed by atoms with Gasteiger partial charge in [0, 0.05) is 22.0 Å². The van der Waals surface area contributed by atoms with E-state index < -0.39 is 0 Å². The van der Waals surface area contributed by atoms with Crippen LogP contribution in [0.5, 0.6) is 0 Å². The quantitative estimate of drug-likeness (QED) is 0.896. The normalized spacial score (nSPS) is 14.8. The molecule has 2 rings (SSSR count). The summed E-state index contributed by atoms with van der Waals surface area (Å²) >= 11 is 3.15. The summed E-state index contributed by atoms with van der Waals surface area (Å²) in [6.07, 6.45) is 0. The van der Waals surface area contributed by atoms with Crippen LogP contribution < -0.4 is 5.32 Å². The SMILES string of the molecule is CC(CO)C(C)NC(=O)c1cc2sccc2s1. The van der Waals surface area contributed by atoms with E-state index in [0.29, 0.717) is 0 Å². The van der Waals surface area contributed by atoms with Crippen LogP contribution in [0.3, 0.4) is 0 Å². The molecule has 2 aromatic heterocycles. The van der Waals surface area contributed by atoms with E-state index in [1.54, 1.807) is 11.3 Å². The van der Waals surface area contributed by atoms with Gasteiger partial charge in [-0.1, -0.05) is 6.92 Å². The Balaban J connectivity index is 2.07. The van der Waals surface area contributed by atoms with Gasteiger partial charge in [-0.3, -0.25) is 4.79 Å². The van der Waals surface area contributed by atoms with Gasteiger partial charge in [0.25, 0.3) is 5.91 Å². The molecule has 0 saturated carbocycles. The van der Waals surface area contributed by atoms with Crippen LogP contribution in [0.15, 0.2) is 17.5 Å². The van der Waals surface area contributed by atoms with Crippen molar-refractivity contribution < 1.29 is 9.90 Å². The van der Waals surface area contributed by atoms with Crippen molar-refractivity contribution in [1.82, 2.24) is 5.32 Å². The highest BCUT2D eigenvalue weighted by Crippen LogP contribution is 2.29. The number of nitrogens with one attached hydrogen (secondary N) is 1. The molecular weight excluding hydrogens is 254 g/mol. The zero-order valence-corrected chi connectivity index (χ0v) is 11.4. The van der Waals surface area contributed by atoms with Crippen LogP contribution >= 0.6 is 22.7 Å². The highest BCUT2D eigenvalue weighted by atomic mass is 32.1. The van der Waals surface area contributed by atoms with Gasteiger partial charge in [0.05, 0.1) is 4.88 Å². The molecular formula is C12H15NO2S2. The largest absolute Gasteiger partial charge is 0.396 e. The van der Waals surface area contributed by atoms with Gasteiger partial charge in [-0.2, -0.15) is 0 Å². The lowest BCUT2D eigenvalue weighted by Gasteiger charge is -2.18. The van der Waals surface area contributed by atoms with Crippen molar-refractivity contribution in [3.05, 3.63) is 22.4 Å². The number of carbonyl (C=O) groups is 1. The third-order valence-corrected chi connectivity index (χ3v) is 4.96. The summed E-state index contributed by atoms with van der Waals surface area (Å²) in [5, 5.41) is 14.0. The van der Waals surface area contributed by atoms with Crippen LogP contribution in [-0.2, 0) is 0 Å². The third kappa shape index (κ3) is 2.68. The Morgan fingerprint density at radius 2 is 2.24 bits per heavy atom. The lowest BCUT2D eigenvalue weighted by Crippen LogP contribution is -2.37. The van der Waals surface area contributed by atoms with Crippen molar-refractivity contribution in [2.24, 2.45) is 5.92 Å². The molecule has 2 aromatic rings. The molecule has 0 saturated heterocycles. The molecule has 0 bridgehead atoms. The summed E-state index contributed by atoms with van der Waals surface area (Å²) in [5.74, 6) is 0.0197. The molecule has 92 valence electrons. The van der Waals surface area contributed by atoms with E-state index >= 15 is 0 Å². The highest BCUT2D eigenvalue weighted by molar-refractivity contribution is 7.27. The van der Waals surface area contributed by atoms with Crippen molar-refractivity contribution in [2.75, 3.05) is 6.61 Å². The maximum absolute atomic E-state index is 12.0. The summed E-state index contributed by atoms with van der Waals surface area (Å²) < 4.78 is 2.31. The summed E-state index contributed by atoms with van der Waals surface area (Å²) in [6.45, 7) is 3.91. The van der Waals surface area contributed by atoms with Crippen LogP contribution in [-0.4, -0.2) is 23.7 Å². The molecule has 0 aromatic carbocycles. The van der Waals surface area contributed by atoms with E-state index in [2.05, 4.69) is 5.32 Å². The average Bonchev–Trinajstić information content (AvgIpc) is 2.87. The van der Waals surface area contributed by atoms with Gasteiger partial charge in [-0.25, -0.2) is 0 Å². The fraction of sp³-hybridized carbons (Fsp3) is 0.417. The van der Waals surface area contributed by atoms with E-state index in [4.69, 9.17) is 5.11 Å². The zero-order chi connectivity index (χ0) is 12.4. The molecule has 3 nitrogen and oxygen atoms in total. The van der Waals surface area contributed by atoms with Crippen molar-refractivity contribution in [2.45, 2.75) is 19.9 Å². The molecule has 0 aliphatic rings. The first-order valence-corrected chi connectivity index (χ1v) is 7.20. The van der Waals surface area contributed by atoms with E-state index in [9.17, 15) is 4.79 Å². The van der Waals surface area contributed by atoms with Gasteiger partial charge in [-0.05, 0) is 30.4 Å². The second-order valence-electron chi connectivity index (χ2n) is 4.18. The first-order chi connectivity index (χ1) is 8.11. The van der Waals surface area contributed by atoms with Crippen LogP contribution in [0.1, 0.15) is 23.5 Å². The van der Waals surface area contributed by atoms with Gasteiger partial charge in [-0.15, -0.1) is 22.7 Å². The smallest absolute Gasteiger partial charge is 0.261 e. The molecule has 0 aliphatic heterocycles. The Morgan fingerprint density at radius 1 is 1.47 bits per heavy atom. The minimum Gasteiger partial charge on any atom is -0.396 e. The fourth-order valence-electron chi connectivity index (χ4n) is 1.46. The Hall–Kier alpha value is -0.910. The number of carbonyl (C=O) groups excluding carboxylic acids is 1. The molecule has 2 unspecified atom stereocenters. The summed E-state index contributed by atoms with van der Waals surface area (Å²) in [6, 6.07) is 3.94. The molecule has 0 fully saturated rings. The molecule has 2 heterocycles. The van der Waals surface area contributed by atoms with Gasteiger partial charge in [0.2, 0.25) is 0 Å². The van der Waals surface area contributed by atoms with E-state index in [1.165, 1.54) is 11.3 Å². The maximum atomic E-state index is 12.0. The monoisotopic (exact) mass is 269 g/mol. The van der Waals surface area contributed by atoms with Crippen LogP contribution in [0.2, 0.25) is 0 Å². The van der Waals surface area contributed by atoms with Gasteiger partial charge >= 0.3 is 0 Å². The number of hydrogen-bond donors (Lipinski definition) is 2. The fourth-order valence-corrected chi connectivity index (χ4v) is 3.47. The lowest BCUT2D eigenvalue weighted by atomic mass is 10.1. The molecule has 5 heteroatoms. The Morgan fingerprint density at radius 3 is 2.88 bits per heavy atom. The topological polar surface area (TPSA) is 49.3 Å². The van der Waals surface area contributed by atoms with Gasteiger partial charge < -0.3 is 10.4 Å². The maximum Gasteiger partial charge on any atom is 0.261 e. The number of thiophene rings is 2. The highest BCUT2D eigenvalue weighted by Gasteiger charge is 2.16. The van der Waals surface area contributed by atoms with Crippen LogP contribution in [0, 0.1) is 5.92 Å². The predicted octanol–water partition coefficient (Wildman–Crippen LogP) is 2.71. The zero-order valence-electron chi connectivity index (χ0n) is 9.77. The predicted molar refractivity (Wildman–Crippen MR) is 72.9 cm³/mol. The molecule has 0 radical (unpaired) electrons. The Labute approximate surface area is 108 Å². The number of hydrogen-bond acceptors (Lipinski definition) is 4. The first-order valence-electron chi connectivity index (χ1n) is 5.50. The number of amides is 1. The number of aliphatic hydroxyl groups is 1. The number of rotatable bonds is 4. The Bertz CT molecular complexity index is 489. The average molecular weight is 269 g/mol. The first kappa shape index (κ1) is 12.5. The van der Waals surface area contributed by atoms with Crippen molar-refractivity contribution in [1.29, 1.82) is 0 Å². The Kier molecular flexibility index (Phi) is 3.81. The lowest BCUT2D eigenvalue weighted by molar-refractivity contribution is 0.0920. The second kappa shape index (κ2) is 5.16. The summed E-state index contributed by atoms with van der Waals surface area (Å²) in [5.41, 5.74) is 0. The van der Waals surface area contributed by atoms with Crippen molar-refractivity contribution in [3.8, 4) is 0 Å².